The van der Waals surface area contributed by atoms with Gasteiger partial charge in [0.05, 0.1) is 17.4 Å². The van der Waals surface area contributed by atoms with Crippen molar-refractivity contribution < 1.29 is 18.3 Å². The number of aryl methyl sites for hydroxylation is 1. The predicted molar refractivity (Wildman–Crippen MR) is 65.4 cm³/mol. The van der Waals surface area contributed by atoms with Gasteiger partial charge < -0.3 is 5.11 Å². The van der Waals surface area contributed by atoms with Crippen molar-refractivity contribution in [3.63, 3.8) is 0 Å². The highest BCUT2D eigenvalue weighted by atomic mass is 32.2. The maximum Gasteiger partial charge on any atom is 0.307 e. The van der Waals surface area contributed by atoms with Gasteiger partial charge in [-0.05, 0) is 18.6 Å². The van der Waals surface area contributed by atoms with Crippen LogP contribution >= 0.6 is 0 Å². The third kappa shape index (κ3) is 4.07. The topological polar surface area (TPSA) is 83.5 Å². The van der Waals surface area contributed by atoms with Gasteiger partial charge in [0, 0.05) is 0 Å². The first-order valence-electron chi connectivity index (χ1n) is 5.11. The summed E-state index contributed by atoms with van der Waals surface area (Å²) in [5.74, 6) is -2.49. The van der Waals surface area contributed by atoms with Gasteiger partial charge in [-0.1, -0.05) is 25.1 Å². The zero-order valence-corrected chi connectivity index (χ0v) is 10.5. The first-order chi connectivity index (χ1) is 7.82. The summed E-state index contributed by atoms with van der Waals surface area (Å²) in [4.78, 5) is 10.6. The molecule has 0 aromatic heterocycles. The van der Waals surface area contributed by atoms with Crippen LogP contribution in [0.3, 0.4) is 0 Å². The lowest BCUT2D eigenvalue weighted by Gasteiger charge is -2.11. The third-order valence-corrected chi connectivity index (χ3v) is 3.77. The predicted octanol–water partition coefficient (Wildman–Crippen LogP) is 1.46. The van der Waals surface area contributed by atoms with E-state index in [4.69, 9.17) is 5.11 Å². The van der Waals surface area contributed by atoms with E-state index in [2.05, 4.69) is 4.72 Å². The van der Waals surface area contributed by atoms with Crippen LogP contribution in [-0.4, -0.2) is 25.2 Å². The Morgan fingerprint density at radius 2 is 2.00 bits per heavy atom. The number of anilines is 1. The molecule has 0 fully saturated rings. The van der Waals surface area contributed by atoms with Gasteiger partial charge in [-0.2, -0.15) is 0 Å². The van der Waals surface area contributed by atoms with Crippen LogP contribution in [-0.2, 0) is 14.8 Å². The molecule has 0 radical (unpaired) electrons. The number of carboxylic acid groups (broad SMARTS) is 1. The Kier molecular flexibility index (Phi) is 4.11. The van der Waals surface area contributed by atoms with Gasteiger partial charge in [-0.15, -0.1) is 0 Å². The number of para-hydroxylation sites is 1. The molecule has 1 atom stereocenters. The van der Waals surface area contributed by atoms with E-state index in [-0.39, 0.29) is 0 Å². The van der Waals surface area contributed by atoms with E-state index in [0.717, 1.165) is 5.56 Å². The molecule has 0 aliphatic carbocycles. The molecule has 1 aromatic carbocycles. The van der Waals surface area contributed by atoms with E-state index in [9.17, 15) is 13.2 Å². The first kappa shape index (κ1) is 13.5. The summed E-state index contributed by atoms with van der Waals surface area (Å²) in [6.07, 6.45) is 0. The lowest BCUT2D eigenvalue weighted by Crippen LogP contribution is -2.26. The van der Waals surface area contributed by atoms with Crippen LogP contribution in [0.5, 0.6) is 0 Å². The highest BCUT2D eigenvalue weighted by Crippen LogP contribution is 2.16. The average molecular weight is 257 g/mol. The monoisotopic (exact) mass is 257 g/mol. The van der Waals surface area contributed by atoms with Gasteiger partial charge >= 0.3 is 5.97 Å². The Morgan fingerprint density at radius 3 is 2.53 bits per heavy atom. The van der Waals surface area contributed by atoms with Crippen molar-refractivity contribution in [3.05, 3.63) is 29.8 Å². The minimum atomic E-state index is -3.63. The van der Waals surface area contributed by atoms with E-state index >= 15 is 0 Å². The Morgan fingerprint density at radius 1 is 1.41 bits per heavy atom. The quantitative estimate of drug-likeness (QED) is 0.836. The number of hydrogen-bond acceptors (Lipinski definition) is 3. The minimum Gasteiger partial charge on any atom is -0.481 e. The SMILES string of the molecule is Cc1ccccc1NS(=O)(=O)CC(C)C(=O)O. The second kappa shape index (κ2) is 5.18. The van der Waals surface area contributed by atoms with Gasteiger partial charge in [0.1, 0.15) is 0 Å². The molecule has 0 amide bonds. The fourth-order valence-electron chi connectivity index (χ4n) is 1.30. The Balaban J connectivity index is 2.81. The second-order valence-corrected chi connectivity index (χ2v) is 5.70. The molecule has 0 saturated carbocycles. The number of carbonyl (C=O) groups is 1. The molecule has 0 heterocycles. The van der Waals surface area contributed by atoms with E-state index in [1.54, 1.807) is 31.2 Å². The molecular weight excluding hydrogens is 242 g/mol. The summed E-state index contributed by atoms with van der Waals surface area (Å²) in [5, 5.41) is 8.67. The zero-order valence-electron chi connectivity index (χ0n) is 9.67. The molecular formula is C11H15NO4S. The molecule has 94 valence electrons. The maximum absolute atomic E-state index is 11.7. The number of carboxylic acids is 1. The highest BCUT2D eigenvalue weighted by molar-refractivity contribution is 7.92. The molecule has 1 rings (SSSR count). The Hall–Kier alpha value is -1.56. The second-order valence-electron chi connectivity index (χ2n) is 3.94. The van der Waals surface area contributed by atoms with Crippen LogP contribution in [0.4, 0.5) is 5.69 Å². The summed E-state index contributed by atoms with van der Waals surface area (Å²) < 4.78 is 25.8. The largest absolute Gasteiger partial charge is 0.481 e. The van der Waals surface area contributed by atoms with Crippen molar-refractivity contribution in [2.24, 2.45) is 5.92 Å². The van der Waals surface area contributed by atoms with Crippen molar-refractivity contribution in [1.82, 2.24) is 0 Å². The fourth-order valence-corrected chi connectivity index (χ4v) is 2.75. The molecule has 0 saturated heterocycles. The van der Waals surface area contributed by atoms with Crippen molar-refractivity contribution in [1.29, 1.82) is 0 Å². The van der Waals surface area contributed by atoms with Crippen molar-refractivity contribution in [2.45, 2.75) is 13.8 Å². The summed E-state index contributed by atoms with van der Waals surface area (Å²) in [6, 6.07) is 6.93. The van der Waals surface area contributed by atoms with Crippen LogP contribution in [0, 0.1) is 12.8 Å². The van der Waals surface area contributed by atoms with E-state index in [1.807, 2.05) is 0 Å². The standard InChI is InChI=1S/C11H15NO4S/c1-8-5-3-4-6-10(8)12-17(15,16)7-9(2)11(13)14/h3-6,9,12H,7H2,1-2H3,(H,13,14). The molecule has 1 aromatic rings. The molecule has 0 bridgehead atoms. The lowest BCUT2D eigenvalue weighted by molar-refractivity contribution is -0.140. The van der Waals surface area contributed by atoms with Gasteiger partial charge in [0.2, 0.25) is 10.0 Å². The minimum absolute atomic E-state index is 0.434. The summed E-state index contributed by atoms with van der Waals surface area (Å²) >= 11 is 0. The van der Waals surface area contributed by atoms with Crippen LogP contribution in [0.15, 0.2) is 24.3 Å². The van der Waals surface area contributed by atoms with Crippen LogP contribution in [0.25, 0.3) is 0 Å². The molecule has 6 heteroatoms. The number of sulfonamides is 1. The zero-order chi connectivity index (χ0) is 13.1. The van der Waals surface area contributed by atoms with Gasteiger partial charge in [-0.3, -0.25) is 9.52 Å². The Bertz CT molecular complexity index is 510. The van der Waals surface area contributed by atoms with Crippen LogP contribution < -0.4 is 4.72 Å². The molecule has 0 spiro atoms. The van der Waals surface area contributed by atoms with Gasteiger partial charge in [0.15, 0.2) is 0 Å². The third-order valence-electron chi connectivity index (χ3n) is 2.30. The summed E-state index contributed by atoms with van der Waals surface area (Å²) in [5.41, 5.74) is 1.27. The molecule has 0 aliphatic heterocycles. The van der Waals surface area contributed by atoms with Crippen molar-refractivity contribution in [2.75, 3.05) is 10.5 Å². The van der Waals surface area contributed by atoms with Crippen LogP contribution in [0.1, 0.15) is 12.5 Å². The molecule has 2 N–H and O–H groups in total. The number of hydrogen-bond donors (Lipinski definition) is 2. The van der Waals surface area contributed by atoms with Crippen LogP contribution in [0.2, 0.25) is 0 Å². The van der Waals surface area contributed by atoms with E-state index in [1.165, 1.54) is 6.92 Å². The number of nitrogens with one attached hydrogen (secondary N) is 1. The molecule has 0 aliphatic rings. The molecule has 5 nitrogen and oxygen atoms in total. The number of benzene rings is 1. The lowest BCUT2D eigenvalue weighted by atomic mass is 10.2. The average Bonchev–Trinajstić information content (AvgIpc) is 2.20. The number of aliphatic carboxylic acids is 1. The maximum atomic E-state index is 11.7. The summed E-state index contributed by atoms with van der Waals surface area (Å²) in [7, 11) is -3.63. The molecule has 17 heavy (non-hydrogen) atoms. The van der Waals surface area contributed by atoms with E-state index in [0.29, 0.717) is 5.69 Å². The molecule has 1 unspecified atom stereocenters. The smallest absolute Gasteiger partial charge is 0.307 e. The van der Waals surface area contributed by atoms with Gasteiger partial charge in [-0.25, -0.2) is 8.42 Å². The highest BCUT2D eigenvalue weighted by Gasteiger charge is 2.21. The first-order valence-corrected chi connectivity index (χ1v) is 6.76. The van der Waals surface area contributed by atoms with Crippen molar-refractivity contribution >= 4 is 21.7 Å². The number of rotatable bonds is 5. The summed E-state index contributed by atoms with van der Waals surface area (Å²) in [6.45, 7) is 3.14. The normalized spacial score (nSPS) is 13.1. The Labute approximate surface area is 101 Å². The van der Waals surface area contributed by atoms with E-state index < -0.39 is 27.7 Å². The fraction of sp³-hybridized carbons (Fsp3) is 0.364. The van der Waals surface area contributed by atoms with Crippen molar-refractivity contribution in [3.8, 4) is 0 Å². The van der Waals surface area contributed by atoms with Gasteiger partial charge in [0.25, 0.3) is 0 Å².